The summed E-state index contributed by atoms with van der Waals surface area (Å²) in [4.78, 5) is 9.55. The van der Waals surface area contributed by atoms with E-state index in [-0.39, 0.29) is 24.0 Å². The number of nitrogens with zero attached hydrogens (tertiary/aromatic N) is 3. The number of rotatable bonds is 10. The lowest BCUT2D eigenvalue weighted by Gasteiger charge is -2.26. The highest BCUT2D eigenvalue weighted by molar-refractivity contribution is 14.0. The quantitative estimate of drug-likeness (QED) is 0.291. The summed E-state index contributed by atoms with van der Waals surface area (Å²) < 4.78 is 16.1. The zero-order chi connectivity index (χ0) is 20.4. The molecule has 2 rings (SSSR count). The second-order valence-electron chi connectivity index (χ2n) is 7.05. The van der Waals surface area contributed by atoms with Gasteiger partial charge in [0.15, 0.2) is 5.96 Å². The number of halogens is 1. The molecule has 166 valence electrons. The second kappa shape index (κ2) is 13.9. The Morgan fingerprint density at radius 1 is 1.28 bits per heavy atom. The van der Waals surface area contributed by atoms with Crippen molar-refractivity contribution in [3.63, 3.8) is 0 Å². The van der Waals surface area contributed by atoms with Gasteiger partial charge in [-0.15, -0.1) is 24.0 Å². The van der Waals surface area contributed by atoms with Crippen LogP contribution in [0.15, 0.2) is 23.2 Å². The summed E-state index contributed by atoms with van der Waals surface area (Å²) in [6.07, 6.45) is 2.43. The Labute approximate surface area is 192 Å². The summed E-state index contributed by atoms with van der Waals surface area (Å²) in [5, 5.41) is 3.41. The molecular formula is C21H37IN4O3. The number of hydrogen-bond acceptors (Lipinski definition) is 5. The monoisotopic (exact) mass is 520 g/mol. The molecule has 1 fully saturated rings. The Morgan fingerprint density at radius 2 is 2.07 bits per heavy atom. The molecule has 0 amide bonds. The predicted molar refractivity (Wildman–Crippen MR) is 129 cm³/mol. The van der Waals surface area contributed by atoms with Gasteiger partial charge in [-0.05, 0) is 38.4 Å². The minimum atomic E-state index is 0. The van der Waals surface area contributed by atoms with Crippen molar-refractivity contribution in [3.05, 3.63) is 23.8 Å². The lowest BCUT2D eigenvalue weighted by Crippen LogP contribution is -2.40. The van der Waals surface area contributed by atoms with Crippen molar-refractivity contribution in [2.24, 2.45) is 4.99 Å². The third kappa shape index (κ3) is 7.82. The lowest BCUT2D eigenvalue weighted by atomic mass is 10.2. The first-order valence-electron chi connectivity index (χ1n) is 10.1. The van der Waals surface area contributed by atoms with Gasteiger partial charge in [0.25, 0.3) is 0 Å². The maximum absolute atomic E-state index is 5.54. The van der Waals surface area contributed by atoms with Crippen molar-refractivity contribution >= 4 is 29.9 Å². The third-order valence-corrected chi connectivity index (χ3v) is 5.13. The van der Waals surface area contributed by atoms with Crippen molar-refractivity contribution in [1.29, 1.82) is 0 Å². The van der Waals surface area contributed by atoms with Crippen LogP contribution in [0.5, 0.6) is 11.5 Å². The van der Waals surface area contributed by atoms with E-state index in [1.165, 1.54) is 12.8 Å². The molecule has 1 saturated heterocycles. The average molecular weight is 520 g/mol. The molecule has 0 aromatic heterocycles. The van der Waals surface area contributed by atoms with Crippen LogP contribution < -0.4 is 14.8 Å². The molecule has 0 spiro atoms. The van der Waals surface area contributed by atoms with E-state index in [2.05, 4.69) is 29.1 Å². The molecule has 1 N–H and O–H groups in total. The Hall–Kier alpha value is -1.26. The van der Waals surface area contributed by atoms with Crippen LogP contribution in [-0.4, -0.2) is 83.0 Å². The molecule has 8 heteroatoms. The Morgan fingerprint density at radius 3 is 2.72 bits per heavy atom. The SMILES string of the molecule is CCNC(=NCC1CCCN1CCOC)N(C)Cc1ccc(OC)cc1OC.I. The average Bonchev–Trinajstić information content (AvgIpc) is 3.16. The van der Waals surface area contributed by atoms with Crippen LogP contribution in [0.3, 0.4) is 0 Å². The van der Waals surface area contributed by atoms with Gasteiger partial charge in [-0.25, -0.2) is 0 Å². The largest absolute Gasteiger partial charge is 0.497 e. The predicted octanol–water partition coefficient (Wildman–Crippen LogP) is 2.83. The fourth-order valence-electron chi connectivity index (χ4n) is 3.58. The van der Waals surface area contributed by atoms with E-state index in [9.17, 15) is 0 Å². The Kier molecular flexibility index (Phi) is 12.3. The molecule has 1 aliphatic rings. The molecule has 1 aromatic rings. The normalized spacial score (nSPS) is 17.0. The third-order valence-electron chi connectivity index (χ3n) is 5.13. The van der Waals surface area contributed by atoms with Gasteiger partial charge in [-0.2, -0.15) is 0 Å². The van der Waals surface area contributed by atoms with Crippen molar-refractivity contribution in [3.8, 4) is 11.5 Å². The van der Waals surface area contributed by atoms with Gasteiger partial charge in [0.05, 0.1) is 27.4 Å². The number of hydrogen-bond donors (Lipinski definition) is 1. The van der Waals surface area contributed by atoms with Gasteiger partial charge in [0.2, 0.25) is 0 Å². The molecule has 1 unspecified atom stereocenters. The minimum absolute atomic E-state index is 0. The summed E-state index contributed by atoms with van der Waals surface area (Å²) in [6, 6.07) is 6.41. The summed E-state index contributed by atoms with van der Waals surface area (Å²) in [5.41, 5.74) is 1.10. The molecule has 29 heavy (non-hydrogen) atoms. The van der Waals surface area contributed by atoms with E-state index < -0.39 is 0 Å². The minimum Gasteiger partial charge on any atom is -0.497 e. The molecular weight excluding hydrogens is 483 g/mol. The highest BCUT2D eigenvalue weighted by Crippen LogP contribution is 2.25. The van der Waals surface area contributed by atoms with Crippen LogP contribution in [-0.2, 0) is 11.3 Å². The van der Waals surface area contributed by atoms with E-state index >= 15 is 0 Å². The first-order valence-corrected chi connectivity index (χ1v) is 10.1. The molecule has 0 aliphatic carbocycles. The molecule has 1 aliphatic heterocycles. The number of likely N-dealkylation sites (tertiary alicyclic amines) is 1. The highest BCUT2D eigenvalue weighted by Gasteiger charge is 2.24. The van der Waals surface area contributed by atoms with Crippen molar-refractivity contribution in [1.82, 2.24) is 15.1 Å². The maximum atomic E-state index is 5.54. The number of methoxy groups -OCH3 is 3. The zero-order valence-electron chi connectivity index (χ0n) is 18.4. The molecule has 0 saturated carbocycles. The van der Waals surface area contributed by atoms with Crippen LogP contribution in [0.2, 0.25) is 0 Å². The molecule has 1 atom stereocenters. The highest BCUT2D eigenvalue weighted by atomic mass is 127. The Bertz CT molecular complexity index is 630. The summed E-state index contributed by atoms with van der Waals surface area (Å²) >= 11 is 0. The molecule has 1 aromatic carbocycles. The summed E-state index contributed by atoms with van der Waals surface area (Å²) in [5.74, 6) is 2.53. The van der Waals surface area contributed by atoms with Gasteiger partial charge in [0, 0.05) is 51.5 Å². The zero-order valence-corrected chi connectivity index (χ0v) is 20.8. The smallest absolute Gasteiger partial charge is 0.194 e. The number of benzene rings is 1. The lowest BCUT2D eigenvalue weighted by molar-refractivity contribution is 0.142. The van der Waals surface area contributed by atoms with Crippen LogP contribution in [0.4, 0.5) is 0 Å². The van der Waals surface area contributed by atoms with E-state index in [0.29, 0.717) is 12.6 Å². The fraction of sp³-hybridized carbons (Fsp3) is 0.667. The molecule has 0 radical (unpaired) electrons. The van der Waals surface area contributed by atoms with E-state index in [1.54, 1.807) is 21.3 Å². The molecule has 1 heterocycles. The van der Waals surface area contributed by atoms with Gasteiger partial charge in [-0.3, -0.25) is 9.89 Å². The summed E-state index contributed by atoms with van der Waals surface area (Å²) in [7, 11) is 7.17. The number of guanidine groups is 1. The van der Waals surface area contributed by atoms with Gasteiger partial charge in [-0.1, -0.05) is 0 Å². The first-order chi connectivity index (χ1) is 13.6. The van der Waals surface area contributed by atoms with Crippen LogP contribution in [0.1, 0.15) is 25.3 Å². The van der Waals surface area contributed by atoms with Crippen molar-refractivity contribution < 1.29 is 14.2 Å². The maximum Gasteiger partial charge on any atom is 0.194 e. The Balaban J connectivity index is 0.00000420. The number of nitrogens with one attached hydrogen (secondary N) is 1. The van der Waals surface area contributed by atoms with Gasteiger partial charge < -0.3 is 24.4 Å². The van der Waals surface area contributed by atoms with E-state index in [0.717, 1.165) is 55.8 Å². The number of aliphatic imine (C=N–C) groups is 1. The van der Waals surface area contributed by atoms with Gasteiger partial charge in [0.1, 0.15) is 11.5 Å². The summed E-state index contributed by atoms with van der Waals surface area (Å²) in [6.45, 7) is 7.33. The van der Waals surface area contributed by atoms with Crippen LogP contribution >= 0.6 is 24.0 Å². The second-order valence-corrected chi connectivity index (χ2v) is 7.05. The van der Waals surface area contributed by atoms with Gasteiger partial charge >= 0.3 is 0 Å². The van der Waals surface area contributed by atoms with Crippen molar-refractivity contribution in [2.45, 2.75) is 32.4 Å². The standard InChI is InChI=1S/C21H36N4O3.HI/c1-6-22-21(23-15-18-8-7-11-25(18)12-13-26-3)24(2)16-17-9-10-19(27-4)14-20(17)28-5;/h9-10,14,18H,6-8,11-13,15-16H2,1-5H3,(H,22,23);1H. The molecule has 0 bridgehead atoms. The van der Waals surface area contributed by atoms with Crippen molar-refractivity contribution in [2.75, 3.05) is 61.2 Å². The molecule has 7 nitrogen and oxygen atoms in total. The van der Waals surface area contributed by atoms with E-state index in [1.807, 2.05) is 18.2 Å². The first kappa shape index (κ1) is 25.8. The topological polar surface area (TPSA) is 58.6 Å². The fourth-order valence-corrected chi connectivity index (χ4v) is 3.58. The number of ether oxygens (including phenoxy) is 3. The van der Waals surface area contributed by atoms with Crippen LogP contribution in [0.25, 0.3) is 0 Å². The van der Waals surface area contributed by atoms with E-state index in [4.69, 9.17) is 19.2 Å². The van der Waals surface area contributed by atoms with Crippen LogP contribution in [0, 0.1) is 0 Å².